The fraction of sp³-hybridized carbons (Fsp3) is 0.875. The van der Waals surface area contributed by atoms with Gasteiger partial charge in [0.1, 0.15) is 12.2 Å². The van der Waals surface area contributed by atoms with Gasteiger partial charge in [0.2, 0.25) is 0 Å². The molecule has 26 heavy (non-hydrogen) atoms. The van der Waals surface area contributed by atoms with Gasteiger partial charge in [-0.25, -0.2) is 0 Å². The van der Waals surface area contributed by atoms with Crippen LogP contribution in [0.2, 0.25) is 0 Å². The normalized spacial score (nSPS) is 14.8. The average Bonchev–Trinajstić information content (AvgIpc) is 2.62. The highest BCUT2D eigenvalue weighted by Gasteiger charge is 2.42. The number of nitrogens with two attached hydrogens (primary N) is 1. The maximum absolute atomic E-state index is 12.7. The van der Waals surface area contributed by atoms with Crippen molar-refractivity contribution in [1.29, 1.82) is 0 Å². The molecule has 2 amide bonds. The van der Waals surface area contributed by atoms with Crippen LogP contribution in [0.3, 0.4) is 0 Å². The summed E-state index contributed by atoms with van der Waals surface area (Å²) in [5.41, 5.74) is 3.12. The van der Waals surface area contributed by atoms with Gasteiger partial charge in [0.15, 0.2) is 0 Å². The molecule has 0 heterocycles. The monoisotopic (exact) mass is 412 g/mol. The van der Waals surface area contributed by atoms with E-state index in [2.05, 4.69) is 0 Å². The lowest BCUT2D eigenvalue weighted by Gasteiger charge is -2.35. The van der Waals surface area contributed by atoms with Crippen molar-refractivity contribution in [3.8, 4) is 0 Å². The molecule has 0 aliphatic heterocycles. The third kappa shape index (κ3) is 7.34. The summed E-state index contributed by atoms with van der Waals surface area (Å²) >= 11 is 0. The van der Waals surface area contributed by atoms with Crippen molar-refractivity contribution in [2.45, 2.75) is 39.9 Å². The maximum atomic E-state index is 12.7. The van der Waals surface area contributed by atoms with E-state index in [1.165, 1.54) is 49.3 Å². The second-order valence-corrected chi connectivity index (χ2v) is 10.1. The van der Waals surface area contributed by atoms with Gasteiger partial charge in [0.25, 0.3) is 11.8 Å². The van der Waals surface area contributed by atoms with Crippen molar-refractivity contribution in [3.05, 3.63) is 0 Å². The van der Waals surface area contributed by atoms with E-state index in [4.69, 9.17) is 5.73 Å². The van der Waals surface area contributed by atoms with Crippen LogP contribution in [-0.4, -0.2) is 87.2 Å². The van der Waals surface area contributed by atoms with Crippen molar-refractivity contribution in [2.24, 2.45) is 16.6 Å². The summed E-state index contributed by atoms with van der Waals surface area (Å²) < 4.78 is 0. The minimum atomic E-state index is -1.61. The SMILES string of the molecule is CC(C)(CO)[C@H](O)C(=O)N(CCSSCCN)C(=O)[C@H](O)C(C)(C)CO. The summed E-state index contributed by atoms with van der Waals surface area (Å²) in [6.07, 6.45) is -3.22. The Labute approximate surface area is 162 Å². The zero-order valence-electron chi connectivity index (χ0n) is 15.8. The van der Waals surface area contributed by atoms with E-state index in [9.17, 15) is 30.0 Å². The van der Waals surface area contributed by atoms with Crippen molar-refractivity contribution in [2.75, 3.05) is 37.8 Å². The van der Waals surface area contributed by atoms with Crippen LogP contribution in [0.4, 0.5) is 0 Å². The zero-order chi connectivity index (χ0) is 20.5. The summed E-state index contributed by atoms with van der Waals surface area (Å²) in [6, 6.07) is 0. The summed E-state index contributed by atoms with van der Waals surface area (Å²) in [4.78, 5) is 26.1. The summed E-state index contributed by atoms with van der Waals surface area (Å²) in [7, 11) is 2.91. The minimum Gasteiger partial charge on any atom is -0.396 e. The molecule has 0 radical (unpaired) electrons. The number of hydrogen-bond acceptors (Lipinski definition) is 9. The van der Waals surface area contributed by atoms with Crippen LogP contribution in [0.1, 0.15) is 27.7 Å². The van der Waals surface area contributed by atoms with E-state index in [1.54, 1.807) is 0 Å². The number of hydrogen-bond donors (Lipinski definition) is 5. The molecule has 0 rings (SSSR count). The number of aliphatic hydroxyl groups excluding tert-OH is 4. The highest BCUT2D eigenvalue weighted by atomic mass is 33.1. The molecular formula is C16H32N2O6S2. The summed E-state index contributed by atoms with van der Waals surface area (Å²) in [5, 5.41) is 39.3. The topological polar surface area (TPSA) is 144 Å². The predicted octanol–water partition coefficient (Wildman–Crippen LogP) is -0.559. The van der Waals surface area contributed by atoms with Gasteiger partial charge in [0.05, 0.1) is 13.2 Å². The molecule has 0 unspecified atom stereocenters. The number of carbonyl (C=O) groups is 2. The van der Waals surface area contributed by atoms with Gasteiger partial charge in [0, 0.05) is 35.4 Å². The van der Waals surface area contributed by atoms with Gasteiger partial charge < -0.3 is 26.2 Å². The van der Waals surface area contributed by atoms with Gasteiger partial charge in [-0.1, -0.05) is 49.3 Å². The van der Waals surface area contributed by atoms with E-state index < -0.39 is 48.1 Å². The van der Waals surface area contributed by atoms with Crippen LogP contribution < -0.4 is 5.73 Å². The zero-order valence-corrected chi connectivity index (χ0v) is 17.5. The first-order valence-corrected chi connectivity index (χ1v) is 10.8. The second-order valence-electron chi connectivity index (χ2n) is 7.36. The van der Waals surface area contributed by atoms with E-state index in [1.807, 2.05) is 0 Å². The lowest BCUT2D eigenvalue weighted by molar-refractivity contribution is -0.163. The number of rotatable bonds is 12. The largest absolute Gasteiger partial charge is 0.396 e. The molecule has 10 heteroatoms. The van der Waals surface area contributed by atoms with Crippen molar-refractivity contribution < 1.29 is 30.0 Å². The molecule has 8 nitrogen and oxygen atoms in total. The fourth-order valence-electron chi connectivity index (χ4n) is 1.76. The number of aliphatic hydroxyl groups is 4. The fourth-order valence-corrected chi connectivity index (χ4v) is 3.57. The molecule has 0 aromatic rings. The smallest absolute Gasteiger partial charge is 0.258 e. The summed E-state index contributed by atoms with van der Waals surface area (Å²) in [6.45, 7) is 5.58. The Morgan fingerprint density at radius 2 is 1.31 bits per heavy atom. The van der Waals surface area contributed by atoms with Crippen LogP contribution in [0, 0.1) is 10.8 Å². The molecule has 0 aromatic heterocycles. The lowest BCUT2D eigenvalue weighted by atomic mass is 9.85. The number of nitrogens with zero attached hydrogens (tertiary/aromatic N) is 1. The molecular weight excluding hydrogens is 380 g/mol. The molecule has 0 bridgehead atoms. The standard InChI is InChI=1S/C16H32N2O6S2/c1-15(2,9-19)11(21)13(23)18(6-8-26-25-7-5-17)14(24)12(22)16(3,4)10-20/h11-12,19-22H,5-10,17H2,1-4H3/t11-,12+. The molecule has 6 N–H and O–H groups in total. The molecule has 2 atom stereocenters. The van der Waals surface area contributed by atoms with Crippen molar-refractivity contribution >= 4 is 33.4 Å². The molecule has 0 aliphatic carbocycles. The second kappa shape index (κ2) is 11.5. The molecule has 154 valence electrons. The van der Waals surface area contributed by atoms with Crippen LogP contribution in [0.5, 0.6) is 0 Å². The van der Waals surface area contributed by atoms with Gasteiger partial charge >= 0.3 is 0 Å². The quantitative estimate of drug-likeness (QED) is 0.210. The van der Waals surface area contributed by atoms with Crippen LogP contribution in [-0.2, 0) is 9.59 Å². The average molecular weight is 413 g/mol. The van der Waals surface area contributed by atoms with Gasteiger partial charge in [-0.2, -0.15) is 0 Å². The van der Waals surface area contributed by atoms with Crippen LogP contribution in [0.25, 0.3) is 0 Å². The molecule has 0 aliphatic rings. The predicted molar refractivity (Wildman–Crippen MR) is 104 cm³/mol. The first-order chi connectivity index (χ1) is 12.0. The Morgan fingerprint density at radius 3 is 1.65 bits per heavy atom. The molecule has 0 fully saturated rings. The minimum absolute atomic E-state index is 0.0168. The Bertz CT molecular complexity index is 428. The first kappa shape index (κ1) is 25.6. The number of carbonyl (C=O) groups excluding carboxylic acids is 2. The Morgan fingerprint density at radius 1 is 0.923 bits per heavy atom. The van der Waals surface area contributed by atoms with E-state index in [0.29, 0.717) is 18.1 Å². The third-order valence-electron chi connectivity index (χ3n) is 3.98. The summed E-state index contributed by atoms with van der Waals surface area (Å²) in [5.74, 6) is -0.661. The van der Waals surface area contributed by atoms with E-state index in [-0.39, 0.29) is 6.54 Å². The van der Waals surface area contributed by atoms with Crippen molar-refractivity contribution in [3.63, 3.8) is 0 Å². The van der Waals surface area contributed by atoms with Gasteiger partial charge in [-0.3, -0.25) is 14.5 Å². The Balaban J connectivity index is 5.34. The highest BCUT2D eigenvalue weighted by molar-refractivity contribution is 8.76. The van der Waals surface area contributed by atoms with E-state index >= 15 is 0 Å². The maximum Gasteiger partial charge on any atom is 0.258 e. The molecule has 0 aromatic carbocycles. The first-order valence-electron chi connectivity index (χ1n) is 8.33. The number of amides is 2. The number of imide groups is 1. The molecule has 0 spiro atoms. The molecule has 0 saturated carbocycles. The van der Waals surface area contributed by atoms with Gasteiger partial charge in [-0.05, 0) is 0 Å². The van der Waals surface area contributed by atoms with E-state index in [0.717, 1.165) is 4.90 Å². The Kier molecular flexibility index (Phi) is 11.3. The van der Waals surface area contributed by atoms with Gasteiger partial charge in [-0.15, -0.1) is 0 Å². The highest BCUT2D eigenvalue weighted by Crippen LogP contribution is 2.26. The van der Waals surface area contributed by atoms with Crippen molar-refractivity contribution in [1.82, 2.24) is 4.90 Å². The van der Waals surface area contributed by atoms with Crippen LogP contribution in [0.15, 0.2) is 0 Å². The lowest BCUT2D eigenvalue weighted by Crippen LogP contribution is -2.55. The molecule has 0 saturated heterocycles. The van der Waals surface area contributed by atoms with Crippen LogP contribution >= 0.6 is 21.6 Å². The third-order valence-corrected chi connectivity index (χ3v) is 6.40. The Hall–Kier alpha value is -0.360.